The highest BCUT2D eigenvalue weighted by Gasteiger charge is 2.48. The zero-order valence-corrected chi connectivity index (χ0v) is 17.8. The van der Waals surface area contributed by atoms with Gasteiger partial charge in [-0.05, 0) is 36.3 Å². The third kappa shape index (κ3) is 4.85. The first-order valence-corrected chi connectivity index (χ1v) is 10.5. The van der Waals surface area contributed by atoms with E-state index in [1.54, 1.807) is 18.3 Å². The number of thiocarbonyl (C=S) groups is 1. The highest BCUT2D eigenvalue weighted by Crippen LogP contribution is 2.29. The van der Waals surface area contributed by atoms with Crippen molar-refractivity contribution in [2.24, 2.45) is 5.92 Å². The quantitative estimate of drug-likeness (QED) is 0.602. The van der Waals surface area contributed by atoms with Crippen molar-refractivity contribution in [2.75, 3.05) is 25.1 Å². The van der Waals surface area contributed by atoms with Gasteiger partial charge in [0.25, 0.3) is 0 Å². The third-order valence-electron chi connectivity index (χ3n) is 5.13. The van der Waals surface area contributed by atoms with Crippen LogP contribution in [0.1, 0.15) is 13.8 Å². The van der Waals surface area contributed by atoms with E-state index in [1.165, 1.54) is 12.1 Å². The summed E-state index contributed by atoms with van der Waals surface area (Å²) < 4.78 is 25.5. The lowest BCUT2D eigenvalue weighted by molar-refractivity contribution is 0.0688. The average molecular weight is 432 g/mol. The Bertz CT molecular complexity index is 899. The highest BCUT2D eigenvalue weighted by atomic mass is 32.1. The number of nitrogens with zero attached hydrogens (tertiary/aromatic N) is 2. The van der Waals surface area contributed by atoms with Gasteiger partial charge in [-0.2, -0.15) is 0 Å². The number of halogens is 1. The second-order valence-corrected chi connectivity index (χ2v) is 8.39. The minimum atomic E-state index is -0.300. The van der Waals surface area contributed by atoms with Crippen molar-refractivity contribution in [1.82, 2.24) is 20.6 Å². The van der Waals surface area contributed by atoms with Crippen LogP contribution in [0.3, 0.4) is 0 Å². The van der Waals surface area contributed by atoms with Gasteiger partial charge in [0.15, 0.2) is 5.11 Å². The molecule has 4 atom stereocenters. The standard InChI is InChI=1S/C21H26FN5O2S/c1-12(2)9-24-21(30)27-17-11-29-18-16(10-28-19(17)18)26-20-23-7-6-15(25-20)13-4-3-5-14(22)8-13/h3-8,12,16-19H,9-11H2,1-2H3,(H,23,25,26)(H2,24,27,30)/t16-,17+,18-,19+/m0/s1. The molecule has 2 aliphatic rings. The van der Waals surface area contributed by atoms with Gasteiger partial charge in [0.1, 0.15) is 18.0 Å². The van der Waals surface area contributed by atoms with E-state index in [2.05, 4.69) is 39.8 Å². The largest absolute Gasteiger partial charge is 0.371 e. The van der Waals surface area contributed by atoms with Gasteiger partial charge in [-0.3, -0.25) is 0 Å². The molecule has 0 spiro atoms. The lowest BCUT2D eigenvalue weighted by Crippen LogP contribution is -2.49. The maximum atomic E-state index is 13.5. The molecule has 1 aromatic carbocycles. The molecule has 9 heteroatoms. The number of anilines is 1. The molecule has 0 saturated carbocycles. The van der Waals surface area contributed by atoms with Crippen LogP contribution in [0.15, 0.2) is 36.5 Å². The molecule has 2 aliphatic heterocycles. The van der Waals surface area contributed by atoms with Crippen molar-refractivity contribution < 1.29 is 13.9 Å². The van der Waals surface area contributed by atoms with Crippen LogP contribution in [0.5, 0.6) is 0 Å². The molecule has 0 aliphatic carbocycles. The fourth-order valence-corrected chi connectivity index (χ4v) is 3.90. The van der Waals surface area contributed by atoms with Crippen molar-refractivity contribution in [3.8, 4) is 11.3 Å². The van der Waals surface area contributed by atoms with Crippen LogP contribution in [-0.2, 0) is 9.47 Å². The van der Waals surface area contributed by atoms with Crippen molar-refractivity contribution in [3.63, 3.8) is 0 Å². The first-order valence-electron chi connectivity index (χ1n) is 10.1. The van der Waals surface area contributed by atoms with Gasteiger partial charge in [-0.15, -0.1) is 0 Å². The monoisotopic (exact) mass is 431 g/mol. The Balaban J connectivity index is 1.37. The molecule has 1 aromatic heterocycles. The molecule has 0 unspecified atom stereocenters. The Labute approximate surface area is 180 Å². The van der Waals surface area contributed by atoms with E-state index < -0.39 is 0 Å². The number of rotatable bonds is 6. The number of benzene rings is 1. The van der Waals surface area contributed by atoms with Crippen LogP contribution >= 0.6 is 12.2 Å². The van der Waals surface area contributed by atoms with Gasteiger partial charge in [-0.1, -0.05) is 26.0 Å². The van der Waals surface area contributed by atoms with Crippen LogP contribution in [-0.4, -0.2) is 59.1 Å². The molecular formula is C21H26FN5O2S. The van der Waals surface area contributed by atoms with Gasteiger partial charge in [0.05, 0.1) is 31.0 Å². The second-order valence-electron chi connectivity index (χ2n) is 7.98. The molecule has 2 aromatic rings. The summed E-state index contributed by atoms with van der Waals surface area (Å²) >= 11 is 5.38. The van der Waals surface area contributed by atoms with Crippen LogP contribution in [0.4, 0.5) is 10.3 Å². The number of ether oxygens (including phenoxy) is 2. The summed E-state index contributed by atoms with van der Waals surface area (Å²) in [4.78, 5) is 8.82. The minimum Gasteiger partial charge on any atom is -0.371 e. The van der Waals surface area contributed by atoms with E-state index in [0.717, 1.165) is 6.54 Å². The Morgan fingerprint density at radius 3 is 2.73 bits per heavy atom. The van der Waals surface area contributed by atoms with E-state index in [0.29, 0.717) is 41.4 Å². The molecule has 0 bridgehead atoms. The van der Waals surface area contributed by atoms with Crippen LogP contribution < -0.4 is 16.0 Å². The van der Waals surface area contributed by atoms with Gasteiger partial charge in [-0.25, -0.2) is 14.4 Å². The Kier molecular flexibility index (Phi) is 6.40. The van der Waals surface area contributed by atoms with Crippen LogP contribution in [0.25, 0.3) is 11.3 Å². The van der Waals surface area contributed by atoms with Crippen LogP contribution in [0.2, 0.25) is 0 Å². The first-order chi connectivity index (χ1) is 14.5. The number of aromatic nitrogens is 2. The summed E-state index contributed by atoms with van der Waals surface area (Å²) in [5.74, 6) is 0.670. The van der Waals surface area contributed by atoms with Crippen molar-refractivity contribution in [3.05, 3.63) is 42.3 Å². The summed E-state index contributed by atoms with van der Waals surface area (Å²) in [6, 6.07) is 8.01. The summed E-state index contributed by atoms with van der Waals surface area (Å²) in [5, 5.41) is 10.4. The van der Waals surface area contributed by atoms with Gasteiger partial charge >= 0.3 is 0 Å². The predicted octanol–water partition coefficient (Wildman–Crippen LogP) is 2.35. The molecule has 2 fully saturated rings. The molecule has 4 rings (SSSR count). The van der Waals surface area contributed by atoms with Crippen molar-refractivity contribution in [2.45, 2.75) is 38.1 Å². The molecule has 7 nitrogen and oxygen atoms in total. The zero-order chi connectivity index (χ0) is 21.1. The molecule has 0 radical (unpaired) electrons. The molecule has 3 heterocycles. The summed E-state index contributed by atoms with van der Waals surface area (Å²) in [6.07, 6.45) is 1.42. The molecular weight excluding hydrogens is 405 g/mol. The zero-order valence-electron chi connectivity index (χ0n) is 17.0. The van der Waals surface area contributed by atoms with Gasteiger partial charge in [0.2, 0.25) is 5.95 Å². The lowest BCUT2D eigenvalue weighted by Gasteiger charge is -2.20. The minimum absolute atomic E-state index is 0.00601. The summed E-state index contributed by atoms with van der Waals surface area (Å²) in [5.41, 5.74) is 1.35. The lowest BCUT2D eigenvalue weighted by atomic mass is 10.1. The molecule has 160 valence electrons. The maximum Gasteiger partial charge on any atom is 0.223 e. The number of fused-ring (bicyclic) bond motifs is 1. The Morgan fingerprint density at radius 1 is 1.20 bits per heavy atom. The van der Waals surface area contributed by atoms with E-state index in [9.17, 15) is 4.39 Å². The number of nitrogens with one attached hydrogen (secondary N) is 3. The van der Waals surface area contributed by atoms with E-state index in [4.69, 9.17) is 21.7 Å². The fourth-order valence-electron chi connectivity index (χ4n) is 3.67. The average Bonchev–Trinajstić information content (AvgIpc) is 3.30. The van der Waals surface area contributed by atoms with Gasteiger partial charge < -0.3 is 25.4 Å². The highest BCUT2D eigenvalue weighted by molar-refractivity contribution is 7.80. The first kappa shape index (κ1) is 20.9. The number of hydrogen-bond acceptors (Lipinski definition) is 6. The maximum absolute atomic E-state index is 13.5. The van der Waals surface area contributed by atoms with Crippen molar-refractivity contribution >= 4 is 23.3 Å². The Morgan fingerprint density at radius 2 is 1.97 bits per heavy atom. The van der Waals surface area contributed by atoms with E-state index >= 15 is 0 Å². The fraction of sp³-hybridized carbons (Fsp3) is 0.476. The topological polar surface area (TPSA) is 80.3 Å². The third-order valence-corrected chi connectivity index (χ3v) is 5.39. The second kappa shape index (κ2) is 9.20. The predicted molar refractivity (Wildman–Crippen MR) is 117 cm³/mol. The van der Waals surface area contributed by atoms with Gasteiger partial charge in [0, 0.05) is 18.3 Å². The molecule has 0 amide bonds. The Hall–Kier alpha value is -2.36. The SMILES string of the molecule is CC(C)CNC(=S)N[C@@H]1CO[C@@H]2[C@@H]1OC[C@@H]2Nc1nccc(-c2cccc(F)c2)n1. The normalized spacial score (nSPS) is 25.2. The molecule has 30 heavy (non-hydrogen) atoms. The molecule has 2 saturated heterocycles. The van der Waals surface area contributed by atoms with E-state index in [-0.39, 0.29) is 30.1 Å². The van der Waals surface area contributed by atoms with Crippen LogP contribution in [0, 0.1) is 11.7 Å². The number of hydrogen-bond donors (Lipinski definition) is 3. The smallest absolute Gasteiger partial charge is 0.223 e. The summed E-state index contributed by atoms with van der Waals surface area (Å²) in [6.45, 7) is 6.07. The summed E-state index contributed by atoms with van der Waals surface area (Å²) in [7, 11) is 0. The van der Waals surface area contributed by atoms with E-state index in [1.807, 2.05) is 6.07 Å². The van der Waals surface area contributed by atoms with Crippen molar-refractivity contribution in [1.29, 1.82) is 0 Å². The molecule has 3 N–H and O–H groups in total.